The van der Waals surface area contributed by atoms with Gasteiger partial charge in [0.15, 0.2) is 0 Å². The molecule has 1 amide bonds. The second-order valence-electron chi connectivity index (χ2n) is 2.63. The van der Waals surface area contributed by atoms with Gasteiger partial charge in [0.1, 0.15) is 12.1 Å². The molecule has 6 heteroatoms. The first-order chi connectivity index (χ1) is 5.99. The molecule has 0 heterocycles. The number of carboxylic acid groups (broad SMARTS) is 1. The number of nitrogens with one attached hydrogen (secondary N) is 1. The van der Waals surface area contributed by atoms with Gasteiger partial charge >= 0.3 is 5.97 Å². The van der Waals surface area contributed by atoms with Gasteiger partial charge < -0.3 is 20.9 Å². The van der Waals surface area contributed by atoms with Crippen molar-refractivity contribution >= 4 is 11.9 Å². The molecule has 0 saturated carbocycles. The lowest BCUT2D eigenvalue weighted by molar-refractivity contribution is -0.141. The number of carbonyl (C=O) groups excluding carboxylic acids is 1. The van der Waals surface area contributed by atoms with Crippen LogP contribution < -0.4 is 11.1 Å². The molecule has 0 aliphatic carbocycles. The monoisotopic (exact) mass is 190 g/mol. The van der Waals surface area contributed by atoms with E-state index >= 15 is 0 Å². The zero-order valence-corrected chi connectivity index (χ0v) is 7.61. The number of amides is 1. The van der Waals surface area contributed by atoms with Crippen LogP contribution in [0.25, 0.3) is 0 Å². The highest BCUT2D eigenvalue weighted by Gasteiger charge is 2.18. The molecule has 2 atom stereocenters. The number of hydrogen-bond acceptors (Lipinski definition) is 4. The van der Waals surface area contributed by atoms with E-state index in [4.69, 9.17) is 10.8 Å². The number of carbonyl (C=O) groups is 2. The predicted octanol–water partition coefficient (Wildman–Crippen LogP) is -1.45. The Labute approximate surface area is 76.0 Å². The molecule has 0 aliphatic rings. The van der Waals surface area contributed by atoms with E-state index in [1.54, 1.807) is 0 Å². The molecule has 0 unspecified atom stereocenters. The van der Waals surface area contributed by atoms with E-state index in [-0.39, 0.29) is 6.61 Å². The zero-order chi connectivity index (χ0) is 10.4. The molecule has 0 radical (unpaired) electrons. The van der Waals surface area contributed by atoms with E-state index in [0.717, 1.165) is 0 Å². The smallest absolute Gasteiger partial charge is 0.325 e. The maximum atomic E-state index is 11.1. The van der Waals surface area contributed by atoms with Gasteiger partial charge in [-0.15, -0.1) is 0 Å². The summed E-state index contributed by atoms with van der Waals surface area (Å²) in [5, 5.41) is 10.7. The first-order valence-corrected chi connectivity index (χ1v) is 3.76. The second-order valence-corrected chi connectivity index (χ2v) is 2.63. The number of aliphatic carboxylic acids is 1. The quantitative estimate of drug-likeness (QED) is 0.492. The third-order valence-electron chi connectivity index (χ3n) is 1.41. The normalized spacial score (nSPS) is 14.7. The Hall–Kier alpha value is -1.14. The molecule has 4 N–H and O–H groups in total. The molecule has 13 heavy (non-hydrogen) atoms. The Balaban J connectivity index is 3.92. The second kappa shape index (κ2) is 5.50. The lowest BCUT2D eigenvalue weighted by Crippen LogP contribution is -2.48. The summed E-state index contributed by atoms with van der Waals surface area (Å²) < 4.78 is 4.63. The van der Waals surface area contributed by atoms with Crippen LogP contribution >= 0.6 is 0 Å². The summed E-state index contributed by atoms with van der Waals surface area (Å²) in [5.74, 6) is -1.63. The Morgan fingerprint density at radius 1 is 1.62 bits per heavy atom. The third-order valence-corrected chi connectivity index (χ3v) is 1.41. The van der Waals surface area contributed by atoms with Crippen molar-refractivity contribution in [2.24, 2.45) is 5.73 Å². The first kappa shape index (κ1) is 11.9. The number of methoxy groups -OCH3 is 1. The Kier molecular flexibility index (Phi) is 5.01. The number of nitrogens with two attached hydrogens (primary N) is 1. The average molecular weight is 190 g/mol. The predicted molar refractivity (Wildman–Crippen MR) is 45.1 cm³/mol. The van der Waals surface area contributed by atoms with Gasteiger partial charge in [-0.25, -0.2) is 0 Å². The number of hydrogen-bond donors (Lipinski definition) is 3. The van der Waals surface area contributed by atoms with Gasteiger partial charge in [-0.2, -0.15) is 0 Å². The standard InChI is InChI=1S/C7H14N2O4/c1-4(7(11)12)9-6(10)5(8)3-13-2/h4-5H,3,8H2,1-2H3,(H,9,10)(H,11,12)/t4-,5-/m0/s1. The van der Waals surface area contributed by atoms with E-state index < -0.39 is 24.0 Å². The molecule has 6 nitrogen and oxygen atoms in total. The van der Waals surface area contributed by atoms with Crippen LogP contribution in [-0.4, -0.2) is 42.8 Å². The first-order valence-electron chi connectivity index (χ1n) is 3.76. The molecule has 0 saturated heterocycles. The van der Waals surface area contributed by atoms with Crippen LogP contribution in [0.2, 0.25) is 0 Å². The summed E-state index contributed by atoms with van der Waals surface area (Å²) in [6.45, 7) is 1.43. The molecule has 0 aromatic rings. The highest BCUT2D eigenvalue weighted by atomic mass is 16.5. The van der Waals surface area contributed by atoms with Crippen molar-refractivity contribution in [2.75, 3.05) is 13.7 Å². The minimum Gasteiger partial charge on any atom is -0.480 e. The van der Waals surface area contributed by atoms with Crippen LogP contribution in [0.1, 0.15) is 6.92 Å². The molecule has 0 bridgehead atoms. The largest absolute Gasteiger partial charge is 0.480 e. The molecule has 0 fully saturated rings. The molecule has 0 aromatic carbocycles. The maximum absolute atomic E-state index is 11.1. The van der Waals surface area contributed by atoms with Crippen molar-refractivity contribution in [1.29, 1.82) is 0 Å². The van der Waals surface area contributed by atoms with Crippen LogP contribution in [0.3, 0.4) is 0 Å². The van der Waals surface area contributed by atoms with Gasteiger partial charge in [0.05, 0.1) is 6.61 Å². The molecular formula is C7H14N2O4. The molecule has 0 aliphatic heterocycles. The molecular weight excluding hydrogens is 176 g/mol. The maximum Gasteiger partial charge on any atom is 0.325 e. The van der Waals surface area contributed by atoms with Crippen molar-refractivity contribution < 1.29 is 19.4 Å². The summed E-state index contributed by atoms with van der Waals surface area (Å²) in [4.78, 5) is 21.4. The highest BCUT2D eigenvalue weighted by Crippen LogP contribution is 1.85. The lowest BCUT2D eigenvalue weighted by atomic mass is 10.2. The van der Waals surface area contributed by atoms with Crippen LogP contribution in [0.4, 0.5) is 0 Å². The molecule has 0 rings (SSSR count). The Bertz CT molecular complexity index is 195. The van der Waals surface area contributed by atoms with Crippen molar-refractivity contribution in [3.63, 3.8) is 0 Å². The Morgan fingerprint density at radius 3 is 2.54 bits per heavy atom. The summed E-state index contributed by atoms with van der Waals surface area (Å²) in [5.41, 5.74) is 5.35. The zero-order valence-electron chi connectivity index (χ0n) is 7.61. The third kappa shape index (κ3) is 4.44. The average Bonchev–Trinajstić information content (AvgIpc) is 2.04. The topological polar surface area (TPSA) is 102 Å². The number of carboxylic acids is 1. The summed E-state index contributed by atoms with van der Waals surface area (Å²) >= 11 is 0. The van der Waals surface area contributed by atoms with E-state index in [9.17, 15) is 9.59 Å². The fourth-order valence-corrected chi connectivity index (χ4v) is 0.637. The van der Waals surface area contributed by atoms with Crippen LogP contribution in [0.15, 0.2) is 0 Å². The van der Waals surface area contributed by atoms with E-state index in [1.807, 2.05) is 0 Å². The Morgan fingerprint density at radius 2 is 2.15 bits per heavy atom. The van der Waals surface area contributed by atoms with Gasteiger partial charge in [-0.1, -0.05) is 0 Å². The lowest BCUT2D eigenvalue weighted by Gasteiger charge is -2.13. The van der Waals surface area contributed by atoms with Gasteiger partial charge in [-0.05, 0) is 6.92 Å². The summed E-state index contributed by atoms with van der Waals surface area (Å²) in [6, 6.07) is -1.76. The van der Waals surface area contributed by atoms with Crippen molar-refractivity contribution in [1.82, 2.24) is 5.32 Å². The van der Waals surface area contributed by atoms with Gasteiger partial charge in [-0.3, -0.25) is 9.59 Å². The van der Waals surface area contributed by atoms with Crippen molar-refractivity contribution in [3.05, 3.63) is 0 Å². The molecule has 0 aromatic heterocycles. The summed E-state index contributed by atoms with van der Waals surface area (Å²) in [7, 11) is 1.41. The van der Waals surface area contributed by atoms with E-state index in [2.05, 4.69) is 10.1 Å². The number of rotatable bonds is 5. The minimum absolute atomic E-state index is 0.0676. The minimum atomic E-state index is -1.10. The van der Waals surface area contributed by atoms with E-state index in [0.29, 0.717) is 0 Å². The van der Waals surface area contributed by atoms with Crippen molar-refractivity contribution in [2.45, 2.75) is 19.0 Å². The fraction of sp³-hybridized carbons (Fsp3) is 0.714. The fourth-order valence-electron chi connectivity index (χ4n) is 0.637. The highest BCUT2D eigenvalue weighted by molar-refractivity contribution is 5.86. The number of ether oxygens (including phenoxy) is 1. The van der Waals surface area contributed by atoms with E-state index in [1.165, 1.54) is 14.0 Å². The molecule has 0 spiro atoms. The van der Waals surface area contributed by atoms with Crippen molar-refractivity contribution in [3.8, 4) is 0 Å². The van der Waals surface area contributed by atoms with Gasteiger partial charge in [0, 0.05) is 7.11 Å². The summed E-state index contributed by atoms with van der Waals surface area (Å²) in [6.07, 6.45) is 0. The van der Waals surface area contributed by atoms with Gasteiger partial charge in [0.25, 0.3) is 0 Å². The SMILES string of the molecule is COC[C@H](N)C(=O)N[C@@H](C)C(=O)O. The molecule has 76 valence electrons. The van der Waals surface area contributed by atoms with Crippen LogP contribution in [-0.2, 0) is 14.3 Å². The van der Waals surface area contributed by atoms with Crippen LogP contribution in [0, 0.1) is 0 Å². The van der Waals surface area contributed by atoms with Crippen LogP contribution in [0.5, 0.6) is 0 Å². The van der Waals surface area contributed by atoms with Gasteiger partial charge in [0.2, 0.25) is 5.91 Å².